The first-order valence-corrected chi connectivity index (χ1v) is 5.10. The van der Waals surface area contributed by atoms with Crippen molar-refractivity contribution in [2.24, 2.45) is 5.41 Å². The first-order chi connectivity index (χ1) is 7.05. The number of rotatable bonds is 5. The van der Waals surface area contributed by atoms with Gasteiger partial charge in [-0.15, -0.1) is 0 Å². The van der Waals surface area contributed by atoms with Crippen LogP contribution >= 0.6 is 0 Å². The van der Waals surface area contributed by atoms with E-state index in [1.54, 1.807) is 12.1 Å². The van der Waals surface area contributed by atoms with Crippen molar-refractivity contribution >= 4 is 0 Å². The first-order valence-electron chi connectivity index (χ1n) is 5.10. The predicted octanol–water partition coefficient (Wildman–Crippen LogP) is 1.93. The van der Waals surface area contributed by atoms with Crippen molar-refractivity contribution in [3.8, 4) is 0 Å². The number of nitrogens with one attached hydrogen (secondary N) is 1. The van der Waals surface area contributed by atoms with Crippen molar-refractivity contribution in [3.05, 3.63) is 35.6 Å². The van der Waals surface area contributed by atoms with E-state index in [0.717, 1.165) is 0 Å². The van der Waals surface area contributed by atoms with E-state index in [0.29, 0.717) is 18.7 Å². The van der Waals surface area contributed by atoms with Crippen LogP contribution in [0, 0.1) is 11.2 Å². The molecule has 2 N–H and O–H groups in total. The SMILES string of the molecule is CC(C)(CO)CNCc1ccccc1F. The Labute approximate surface area is 90.1 Å². The third kappa shape index (κ3) is 3.98. The molecule has 2 nitrogen and oxygen atoms in total. The second kappa shape index (κ2) is 5.24. The Hall–Kier alpha value is -0.930. The maximum atomic E-state index is 13.2. The maximum Gasteiger partial charge on any atom is 0.127 e. The summed E-state index contributed by atoms with van der Waals surface area (Å²) in [7, 11) is 0. The lowest BCUT2D eigenvalue weighted by molar-refractivity contribution is 0.156. The summed E-state index contributed by atoms with van der Waals surface area (Å²) < 4.78 is 13.2. The summed E-state index contributed by atoms with van der Waals surface area (Å²) in [5.41, 5.74) is 0.497. The van der Waals surface area contributed by atoms with Crippen LogP contribution in [0.2, 0.25) is 0 Å². The van der Waals surface area contributed by atoms with E-state index >= 15 is 0 Å². The van der Waals surface area contributed by atoms with Crippen LogP contribution in [0.4, 0.5) is 4.39 Å². The highest BCUT2D eigenvalue weighted by Gasteiger charge is 2.15. The summed E-state index contributed by atoms with van der Waals surface area (Å²) >= 11 is 0. The topological polar surface area (TPSA) is 32.3 Å². The third-order valence-corrected chi connectivity index (χ3v) is 2.30. The Balaban J connectivity index is 2.42. The fourth-order valence-corrected chi connectivity index (χ4v) is 1.23. The van der Waals surface area contributed by atoms with Crippen molar-refractivity contribution in [1.29, 1.82) is 0 Å². The summed E-state index contributed by atoms with van der Waals surface area (Å²) in [4.78, 5) is 0. The van der Waals surface area contributed by atoms with Gasteiger partial charge in [-0.3, -0.25) is 0 Å². The molecule has 0 bridgehead atoms. The quantitative estimate of drug-likeness (QED) is 0.780. The van der Waals surface area contributed by atoms with Crippen LogP contribution in [-0.2, 0) is 6.54 Å². The van der Waals surface area contributed by atoms with Crippen LogP contribution in [-0.4, -0.2) is 18.3 Å². The average Bonchev–Trinajstić information content (AvgIpc) is 2.21. The van der Waals surface area contributed by atoms with Gasteiger partial charge in [-0.25, -0.2) is 4.39 Å². The number of aliphatic hydroxyl groups is 1. The average molecular weight is 211 g/mol. The second-order valence-corrected chi connectivity index (χ2v) is 4.52. The Morgan fingerprint density at radius 1 is 1.33 bits per heavy atom. The lowest BCUT2D eigenvalue weighted by Gasteiger charge is -2.21. The van der Waals surface area contributed by atoms with Gasteiger partial charge in [0.1, 0.15) is 5.82 Å². The molecule has 84 valence electrons. The molecule has 0 aliphatic carbocycles. The van der Waals surface area contributed by atoms with Crippen molar-refractivity contribution in [3.63, 3.8) is 0 Å². The molecule has 0 spiro atoms. The molecule has 0 fully saturated rings. The number of hydrogen-bond acceptors (Lipinski definition) is 2. The van der Waals surface area contributed by atoms with Crippen molar-refractivity contribution < 1.29 is 9.50 Å². The first kappa shape index (κ1) is 12.1. The van der Waals surface area contributed by atoms with Crippen LogP contribution in [0.1, 0.15) is 19.4 Å². The lowest BCUT2D eigenvalue weighted by Crippen LogP contribution is -2.32. The summed E-state index contributed by atoms with van der Waals surface area (Å²) in [5.74, 6) is -0.188. The molecule has 0 aliphatic heterocycles. The molecule has 0 atom stereocenters. The molecule has 0 saturated carbocycles. The Morgan fingerprint density at radius 2 is 2.00 bits per heavy atom. The van der Waals surface area contributed by atoms with E-state index in [-0.39, 0.29) is 17.8 Å². The molecule has 0 aromatic heterocycles. The van der Waals surface area contributed by atoms with Gasteiger partial charge in [0, 0.05) is 30.7 Å². The Kier molecular flexibility index (Phi) is 4.24. The largest absolute Gasteiger partial charge is 0.396 e. The summed E-state index contributed by atoms with van der Waals surface area (Å²) in [5, 5.41) is 12.2. The second-order valence-electron chi connectivity index (χ2n) is 4.52. The summed E-state index contributed by atoms with van der Waals surface area (Å²) in [6, 6.07) is 6.70. The zero-order valence-corrected chi connectivity index (χ0v) is 9.26. The van der Waals surface area contributed by atoms with Gasteiger partial charge >= 0.3 is 0 Å². The van der Waals surface area contributed by atoms with Gasteiger partial charge in [0.15, 0.2) is 0 Å². The van der Waals surface area contributed by atoms with Gasteiger partial charge in [0.2, 0.25) is 0 Å². The van der Waals surface area contributed by atoms with Gasteiger partial charge in [0.05, 0.1) is 0 Å². The van der Waals surface area contributed by atoms with Gasteiger partial charge < -0.3 is 10.4 Å². The van der Waals surface area contributed by atoms with Crippen LogP contribution in [0.15, 0.2) is 24.3 Å². The van der Waals surface area contributed by atoms with Crippen molar-refractivity contribution in [2.75, 3.05) is 13.2 Å². The lowest BCUT2D eigenvalue weighted by atomic mass is 9.95. The van der Waals surface area contributed by atoms with Gasteiger partial charge in [-0.2, -0.15) is 0 Å². The fraction of sp³-hybridized carbons (Fsp3) is 0.500. The minimum Gasteiger partial charge on any atom is -0.396 e. The normalized spacial score (nSPS) is 11.7. The molecule has 1 rings (SSSR count). The van der Waals surface area contributed by atoms with Crippen LogP contribution in [0.5, 0.6) is 0 Å². The molecule has 15 heavy (non-hydrogen) atoms. The predicted molar refractivity (Wildman–Crippen MR) is 59.0 cm³/mol. The van der Waals surface area contributed by atoms with E-state index in [1.165, 1.54) is 6.07 Å². The number of benzene rings is 1. The Bertz CT molecular complexity index is 312. The zero-order chi connectivity index (χ0) is 11.3. The van der Waals surface area contributed by atoms with Crippen LogP contribution in [0.25, 0.3) is 0 Å². The molecule has 0 heterocycles. The standard InChI is InChI=1S/C12H18FNO/c1-12(2,9-15)8-14-7-10-5-3-4-6-11(10)13/h3-6,14-15H,7-9H2,1-2H3. The monoisotopic (exact) mass is 211 g/mol. The molecular weight excluding hydrogens is 193 g/mol. The molecular formula is C12H18FNO. The molecule has 0 saturated heterocycles. The summed E-state index contributed by atoms with van der Waals surface area (Å²) in [6.07, 6.45) is 0. The van der Waals surface area contributed by atoms with Crippen LogP contribution < -0.4 is 5.32 Å². The highest BCUT2D eigenvalue weighted by molar-refractivity contribution is 5.16. The van der Waals surface area contributed by atoms with Gasteiger partial charge in [0.25, 0.3) is 0 Å². The summed E-state index contributed by atoms with van der Waals surface area (Å²) in [6.45, 7) is 5.20. The van der Waals surface area contributed by atoms with E-state index in [9.17, 15) is 4.39 Å². The zero-order valence-electron chi connectivity index (χ0n) is 9.26. The van der Waals surface area contributed by atoms with Crippen molar-refractivity contribution in [1.82, 2.24) is 5.32 Å². The fourth-order valence-electron chi connectivity index (χ4n) is 1.23. The molecule has 0 unspecified atom stereocenters. The molecule has 0 radical (unpaired) electrons. The van der Waals surface area contributed by atoms with Crippen LogP contribution in [0.3, 0.4) is 0 Å². The van der Waals surface area contributed by atoms with E-state index in [4.69, 9.17) is 5.11 Å². The van der Waals surface area contributed by atoms with E-state index in [1.807, 2.05) is 19.9 Å². The van der Waals surface area contributed by atoms with Gasteiger partial charge in [-0.1, -0.05) is 32.0 Å². The minimum absolute atomic E-state index is 0.122. The molecule has 1 aromatic rings. The van der Waals surface area contributed by atoms with Gasteiger partial charge in [-0.05, 0) is 6.07 Å². The highest BCUT2D eigenvalue weighted by Crippen LogP contribution is 2.12. The maximum absolute atomic E-state index is 13.2. The smallest absolute Gasteiger partial charge is 0.127 e. The highest BCUT2D eigenvalue weighted by atomic mass is 19.1. The van der Waals surface area contributed by atoms with Crippen molar-refractivity contribution in [2.45, 2.75) is 20.4 Å². The molecule has 3 heteroatoms. The third-order valence-electron chi connectivity index (χ3n) is 2.30. The molecule has 0 aliphatic rings. The molecule has 0 amide bonds. The van der Waals surface area contributed by atoms with E-state index in [2.05, 4.69) is 5.32 Å². The molecule has 1 aromatic carbocycles. The number of aliphatic hydroxyl groups excluding tert-OH is 1. The number of hydrogen-bond donors (Lipinski definition) is 2. The van der Waals surface area contributed by atoms with E-state index < -0.39 is 0 Å². The number of halogens is 1. The Morgan fingerprint density at radius 3 is 2.60 bits per heavy atom. The minimum atomic E-state index is -0.188.